The lowest BCUT2D eigenvalue weighted by molar-refractivity contribution is -0.121. The number of likely N-dealkylation sites (tertiary alicyclic amines) is 1. The van der Waals surface area contributed by atoms with Gasteiger partial charge in [0, 0.05) is 37.7 Å². The Morgan fingerprint density at radius 2 is 1.79 bits per heavy atom. The first-order valence-corrected chi connectivity index (χ1v) is 14.0. The predicted octanol–water partition coefficient (Wildman–Crippen LogP) is 3.00. The first-order chi connectivity index (χ1) is 18.8. The molecule has 2 aromatic heterocycles. The number of nitrogens with zero attached hydrogens (tertiary/aromatic N) is 3. The number of carbonyl (C=O) groups excluding carboxylic acids is 2. The molecule has 5 N–H and O–H groups in total. The van der Waals surface area contributed by atoms with Crippen LogP contribution >= 0.6 is 0 Å². The number of rotatable bonds is 12. The van der Waals surface area contributed by atoms with Crippen molar-refractivity contribution in [2.45, 2.75) is 71.4 Å². The number of aromatic nitrogens is 2. The first-order valence-electron chi connectivity index (χ1n) is 14.0. The fourth-order valence-electron chi connectivity index (χ4n) is 5.54. The van der Waals surface area contributed by atoms with Crippen LogP contribution in [0.3, 0.4) is 0 Å². The lowest BCUT2D eigenvalue weighted by Crippen LogP contribution is -2.39. The van der Waals surface area contributed by atoms with E-state index >= 15 is 0 Å². The fraction of sp³-hybridized carbons (Fsp3) is 0.467. The van der Waals surface area contributed by atoms with Gasteiger partial charge in [0.25, 0.3) is 5.91 Å². The molecule has 1 fully saturated rings. The molecule has 3 aromatic rings. The quantitative estimate of drug-likeness (QED) is 0.307. The normalized spacial score (nSPS) is 15.6. The molecule has 39 heavy (non-hydrogen) atoms. The van der Waals surface area contributed by atoms with Crippen molar-refractivity contribution in [1.82, 2.24) is 19.8 Å². The van der Waals surface area contributed by atoms with E-state index in [4.69, 9.17) is 16.5 Å². The van der Waals surface area contributed by atoms with Crippen LogP contribution in [0.4, 0.5) is 5.82 Å². The topological polar surface area (TPSA) is 136 Å². The number of benzene rings is 1. The van der Waals surface area contributed by atoms with E-state index in [0.717, 1.165) is 50.2 Å². The number of pyridine rings is 2. The highest BCUT2D eigenvalue weighted by atomic mass is 16.2. The molecule has 1 aromatic carbocycles. The molecule has 9 nitrogen and oxygen atoms in total. The van der Waals surface area contributed by atoms with Gasteiger partial charge < -0.3 is 21.4 Å². The van der Waals surface area contributed by atoms with Crippen LogP contribution in [-0.2, 0) is 24.2 Å². The molecule has 0 spiro atoms. The summed E-state index contributed by atoms with van der Waals surface area (Å²) in [6.07, 6.45) is 6.33. The Labute approximate surface area is 229 Å². The van der Waals surface area contributed by atoms with Crippen molar-refractivity contribution in [2.75, 3.05) is 25.4 Å². The summed E-state index contributed by atoms with van der Waals surface area (Å²) in [6, 6.07) is 12.4. The molecule has 1 atom stereocenters. The molecule has 0 radical (unpaired) electrons. The Balaban J connectivity index is 1.30. The number of hydrogen-bond acceptors (Lipinski definition) is 6. The molecule has 1 saturated heterocycles. The van der Waals surface area contributed by atoms with Crippen LogP contribution in [-0.4, -0.2) is 51.9 Å². The Kier molecular flexibility index (Phi) is 9.35. The number of hydrogen-bond donors (Lipinski definition) is 3. The minimum Gasteiger partial charge on any atom is -0.384 e. The maximum atomic E-state index is 12.8. The molecule has 0 bridgehead atoms. The van der Waals surface area contributed by atoms with Crippen molar-refractivity contribution in [1.29, 1.82) is 0 Å². The van der Waals surface area contributed by atoms with Gasteiger partial charge in [-0.1, -0.05) is 31.2 Å². The second-order valence-corrected chi connectivity index (χ2v) is 10.3. The van der Waals surface area contributed by atoms with Gasteiger partial charge in [0.1, 0.15) is 17.0 Å². The molecule has 4 rings (SSSR count). The molecule has 1 aliphatic heterocycles. The number of nitrogens with two attached hydrogens (primary N) is 2. The smallest absolute Gasteiger partial charge is 0.256 e. The van der Waals surface area contributed by atoms with Gasteiger partial charge in [-0.2, -0.15) is 0 Å². The van der Waals surface area contributed by atoms with E-state index in [2.05, 4.69) is 41.4 Å². The molecule has 2 amide bonds. The summed E-state index contributed by atoms with van der Waals surface area (Å²) in [5.74, 6) is -0.639. The van der Waals surface area contributed by atoms with E-state index in [1.54, 1.807) is 16.7 Å². The minimum atomic E-state index is -0.836. The van der Waals surface area contributed by atoms with E-state index < -0.39 is 11.3 Å². The molecular formula is C30H40N6O3. The zero-order valence-corrected chi connectivity index (χ0v) is 23.0. The Bertz CT molecular complexity index is 1380. The SMILES string of the molecule is CCN1CCCC1CNC(=O)CCCCc1ccc(Cc2ccc3c(=O)c(C(N)=O)c(N)n(CC)c3n2)cc1. The summed E-state index contributed by atoms with van der Waals surface area (Å²) in [5.41, 5.74) is 14.4. The number of carbonyl (C=O) groups is 2. The third-order valence-corrected chi connectivity index (χ3v) is 7.74. The Morgan fingerprint density at radius 1 is 1.05 bits per heavy atom. The number of nitrogens with one attached hydrogen (secondary N) is 1. The lowest BCUT2D eigenvalue weighted by Gasteiger charge is -2.22. The average Bonchev–Trinajstić information content (AvgIpc) is 3.38. The second-order valence-electron chi connectivity index (χ2n) is 10.3. The number of likely N-dealkylation sites (N-methyl/N-ethyl adjacent to an activating group) is 1. The van der Waals surface area contributed by atoms with Crippen LogP contribution < -0.4 is 22.2 Å². The van der Waals surface area contributed by atoms with Crippen molar-refractivity contribution in [3.63, 3.8) is 0 Å². The summed E-state index contributed by atoms with van der Waals surface area (Å²) in [4.78, 5) is 43.9. The van der Waals surface area contributed by atoms with Crippen LogP contribution in [0.2, 0.25) is 0 Å². The van der Waals surface area contributed by atoms with Crippen LogP contribution in [0.5, 0.6) is 0 Å². The molecule has 9 heteroatoms. The van der Waals surface area contributed by atoms with E-state index in [1.807, 2.05) is 6.92 Å². The average molecular weight is 533 g/mol. The highest BCUT2D eigenvalue weighted by Crippen LogP contribution is 2.19. The van der Waals surface area contributed by atoms with Crippen molar-refractivity contribution >= 4 is 28.7 Å². The van der Waals surface area contributed by atoms with E-state index in [-0.39, 0.29) is 17.3 Å². The van der Waals surface area contributed by atoms with Crippen LogP contribution in [0.25, 0.3) is 11.0 Å². The van der Waals surface area contributed by atoms with Crippen molar-refractivity contribution in [2.24, 2.45) is 5.73 Å². The Morgan fingerprint density at radius 3 is 2.49 bits per heavy atom. The highest BCUT2D eigenvalue weighted by molar-refractivity contribution is 6.00. The third-order valence-electron chi connectivity index (χ3n) is 7.74. The summed E-state index contributed by atoms with van der Waals surface area (Å²) in [5, 5.41) is 3.45. The standard InChI is InChI=1S/C30H40N6O3/c1-3-35-17-7-9-23(35)19-33-25(37)10-6-5-8-20-11-13-21(14-12-20)18-22-15-16-24-27(38)26(29(32)39)28(31)36(4-2)30(24)34-22/h11-16,23H,3-10,17-19,31H2,1-2H3,(H2,32,39)(H,33,37). The molecular weight excluding hydrogens is 492 g/mol. The first kappa shape index (κ1) is 28.3. The summed E-state index contributed by atoms with van der Waals surface area (Å²) in [7, 11) is 0. The molecule has 1 unspecified atom stereocenters. The third kappa shape index (κ3) is 6.65. The number of nitrogen functional groups attached to an aromatic ring is 1. The van der Waals surface area contributed by atoms with Crippen LogP contribution in [0.1, 0.15) is 73.1 Å². The number of fused-ring (bicyclic) bond motifs is 1. The van der Waals surface area contributed by atoms with Crippen LogP contribution in [0.15, 0.2) is 41.2 Å². The van der Waals surface area contributed by atoms with Gasteiger partial charge in [-0.25, -0.2) is 4.98 Å². The summed E-state index contributed by atoms with van der Waals surface area (Å²) in [6.45, 7) is 7.46. The Hall–Kier alpha value is -3.72. The number of unbranched alkanes of at least 4 members (excludes halogenated alkanes) is 1. The number of primary amides is 1. The molecule has 208 valence electrons. The van der Waals surface area contributed by atoms with Crippen molar-refractivity contribution < 1.29 is 9.59 Å². The summed E-state index contributed by atoms with van der Waals surface area (Å²) < 4.78 is 1.65. The minimum absolute atomic E-state index is 0.0472. The zero-order chi connectivity index (χ0) is 27.9. The second kappa shape index (κ2) is 12.9. The van der Waals surface area contributed by atoms with Crippen LogP contribution in [0, 0.1) is 0 Å². The van der Waals surface area contributed by atoms with Crippen molar-refractivity contribution in [3.8, 4) is 0 Å². The predicted molar refractivity (Wildman–Crippen MR) is 155 cm³/mol. The van der Waals surface area contributed by atoms with E-state index in [0.29, 0.717) is 36.5 Å². The van der Waals surface area contributed by atoms with Gasteiger partial charge in [-0.15, -0.1) is 0 Å². The van der Waals surface area contributed by atoms with Gasteiger partial charge in [0.15, 0.2) is 0 Å². The van der Waals surface area contributed by atoms with E-state index in [1.165, 1.54) is 18.4 Å². The van der Waals surface area contributed by atoms with Gasteiger partial charge in [-0.3, -0.25) is 19.3 Å². The largest absolute Gasteiger partial charge is 0.384 e. The van der Waals surface area contributed by atoms with Gasteiger partial charge >= 0.3 is 0 Å². The van der Waals surface area contributed by atoms with Crippen molar-refractivity contribution in [3.05, 3.63) is 69.0 Å². The summed E-state index contributed by atoms with van der Waals surface area (Å²) >= 11 is 0. The van der Waals surface area contributed by atoms with Gasteiger partial charge in [-0.05, 0) is 75.4 Å². The zero-order valence-electron chi connectivity index (χ0n) is 23.0. The van der Waals surface area contributed by atoms with Gasteiger partial charge in [0.05, 0.1) is 5.39 Å². The molecule has 0 aliphatic carbocycles. The molecule has 3 heterocycles. The lowest BCUT2D eigenvalue weighted by atomic mass is 10.0. The molecule has 0 saturated carbocycles. The van der Waals surface area contributed by atoms with E-state index in [9.17, 15) is 14.4 Å². The highest BCUT2D eigenvalue weighted by Gasteiger charge is 2.23. The molecule has 1 aliphatic rings. The number of amides is 2. The monoisotopic (exact) mass is 532 g/mol. The maximum Gasteiger partial charge on any atom is 0.256 e. The van der Waals surface area contributed by atoms with Gasteiger partial charge in [0.2, 0.25) is 11.3 Å². The number of anilines is 1. The maximum absolute atomic E-state index is 12.8. The number of aryl methyl sites for hydroxylation is 2. The fourth-order valence-corrected chi connectivity index (χ4v) is 5.54.